The van der Waals surface area contributed by atoms with E-state index in [9.17, 15) is 13.9 Å². The molecule has 3 rings (SSSR count). The maximum Gasteiger partial charge on any atom is 0.167 e. The van der Waals surface area contributed by atoms with Gasteiger partial charge < -0.3 is 5.11 Å². The van der Waals surface area contributed by atoms with Crippen molar-refractivity contribution in [3.8, 4) is 16.9 Å². The Morgan fingerprint density at radius 3 is 2.14 bits per heavy atom. The van der Waals surface area contributed by atoms with E-state index < -0.39 is 17.5 Å². The van der Waals surface area contributed by atoms with E-state index in [1.54, 1.807) is 12.1 Å². The van der Waals surface area contributed by atoms with Gasteiger partial charge in [-0.05, 0) is 47.6 Å². The first-order valence-electron chi connectivity index (χ1n) is 9.91. The van der Waals surface area contributed by atoms with Crippen molar-refractivity contribution in [2.75, 3.05) is 0 Å². The van der Waals surface area contributed by atoms with Crippen molar-refractivity contribution < 1.29 is 18.3 Å². The summed E-state index contributed by atoms with van der Waals surface area (Å²) >= 11 is 0. The predicted octanol–water partition coefficient (Wildman–Crippen LogP) is 7.53. The highest BCUT2D eigenvalue weighted by Crippen LogP contribution is 2.36. The van der Waals surface area contributed by atoms with Gasteiger partial charge in [-0.2, -0.15) is 0 Å². The van der Waals surface area contributed by atoms with E-state index in [1.807, 2.05) is 0 Å². The Balaban J connectivity index is 1.93. The van der Waals surface area contributed by atoms with Crippen LogP contribution < -0.4 is 0 Å². The zero-order valence-corrected chi connectivity index (χ0v) is 16.1. The van der Waals surface area contributed by atoms with Gasteiger partial charge in [0.1, 0.15) is 11.6 Å². The summed E-state index contributed by atoms with van der Waals surface area (Å²) in [5.74, 6) is -2.55. The van der Waals surface area contributed by atoms with Gasteiger partial charge >= 0.3 is 0 Å². The second kappa shape index (κ2) is 9.13. The van der Waals surface area contributed by atoms with Gasteiger partial charge in [0, 0.05) is 10.9 Å². The molecule has 0 aromatic heterocycles. The minimum atomic E-state index is -1.08. The molecule has 0 amide bonds. The molecule has 1 nitrogen and oxygen atoms in total. The largest absolute Gasteiger partial charge is 0.508 e. The Morgan fingerprint density at radius 2 is 1.43 bits per heavy atom. The van der Waals surface area contributed by atoms with Crippen molar-refractivity contribution in [1.29, 1.82) is 0 Å². The second-order valence-electron chi connectivity index (χ2n) is 7.25. The molecule has 0 aliphatic heterocycles. The van der Waals surface area contributed by atoms with Crippen molar-refractivity contribution in [3.63, 3.8) is 0 Å². The number of aromatic hydroxyl groups is 1. The number of rotatable bonds is 8. The number of aryl methyl sites for hydroxylation is 1. The van der Waals surface area contributed by atoms with Crippen molar-refractivity contribution >= 4 is 10.8 Å². The van der Waals surface area contributed by atoms with E-state index in [4.69, 9.17) is 0 Å². The summed E-state index contributed by atoms with van der Waals surface area (Å²) in [6.07, 6.45) is 7.22. The lowest BCUT2D eigenvalue weighted by Crippen LogP contribution is -1.98. The average Bonchev–Trinajstić information content (AvgIpc) is 2.69. The lowest BCUT2D eigenvalue weighted by Gasteiger charge is -2.13. The number of unbranched alkanes of at least 4 members (excludes halogenated alkanes) is 5. The fraction of sp³-hybridized carbons (Fsp3) is 0.333. The van der Waals surface area contributed by atoms with Gasteiger partial charge in [0.15, 0.2) is 11.6 Å². The lowest BCUT2D eigenvalue weighted by molar-refractivity contribution is 0.475. The minimum absolute atomic E-state index is 0.0139. The topological polar surface area (TPSA) is 20.2 Å². The molecule has 3 aromatic carbocycles. The highest BCUT2D eigenvalue weighted by atomic mass is 19.2. The summed E-state index contributed by atoms with van der Waals surface area (Å²) in [5, 5.41) is 9.86. The van der Waals surface area contributed by atoms with Gasteiger partial charge in [-0.15, -0.1) is 0 Å². The van der Waals surface area contributed by atoms with Crippen molar-refractivity contribution in [3.05, 3.63) is 65.5 Å². The number of fused-ring (bicyclic) bond motifs is 1. The first kappa shape index (κ1) is 20.2. The van der Waals surface area contributed by atoms with Crippen LogP contribution in [0.3, 0.4) is 0 Å². The van der Waals surface area contributed by atoms with E-state index in [-0.39, 0.29) is 16.7 Å². The number of hydrogen-bond donors (Lipinski definition) is 1. The zero-order valence-electron chi connectivity index (χ0n) is 16.1. The molecule has 1 N–H and O–H groups in total. The highest BCUT2D eigenvalue weighted by molar-refractivity contribution is 5.97. The maximum absolute atomic E-state index is 15.0. The zero-order chi connectivity index (χ0) is 20.1. The Morgan fingerprint density at radius 1 is 0.750 bits per heavy atom. The van der Waals surface area contributed by atoms with Crippen LogP contribution in [0.4, 0.5) is 13.2 Å². The summed E-state index contributed by atoms with van der Waals surface area (Å²) in [6.45, 7) is 2.17. The summed E-state index contributed by atoms with van der Waals surface area (Å²) < 4.78 is 43.8. The first-order chi connectivity index (χ1) is 13.5. The molecule has 0 saturated heterocycles. The summed E-state index contributed by atoms with van der Waals surface area (Å²) in [7, 11) is 0. The molecule has 3 aromatic rings. The molecule has 4 heteroatoms. The van der Waals surface area contributed by atoms with Gasteiger partial charge in [-0.3, -0.25) is 0 Å². The third kappa shape index (κ3) is 4.32. The van der Waals surface area contributed by atoms with Crippen molar-refractivity contribution in [2.45, 2.75) is 51.9 Å². The van der Waals surface area contributed by atoms with Crippen molar-refractivity contribution in [2.24, 2.45) is 0 Å². The van der Waals surface area contributed by atoms with Gasteiger partial charge in [0.25, 0.3) is 0 Å². The van der Waals surface area contributed by atoms with E-state index in [2.05, 4.69) is 6.92 Å². The highest BCUT2D eigenvalue weighted by Gasteiger charge is 2.19. The van der Waals surface area contributed by atoms with Crippen LogP contribution in [0.15, 0.2) is 42.5 Å². The molecule has 0 fully saturated rings. The Bertz CT molecular complexity index is 948. The number of phenols is 1. The lowest BCUT2D eigenvalue weighted by atomic mass is 9.94. The number of halogens is 3. The summed E-state index contributed by atoms with van der Waals surface area (Å²) in [4.78, 5) is 0. The number of phenolic OH excluding ortho intramolecular Hbond substituents is 1. The standard InChI is InChI=1S/C24H25F3O/c1-2-3-4-5-6-7-8-17-11-14-19-20(23(17)26)15-21(25)24(27)22(19)16-9-12-18(28)13-10-16/h9-15,28H,2-8H2,1H3. The number of benzene rings is 3. The van der Waals surface area contributed by atoms with Gasteiger partial charge in [0.05, 0.1) is 0 Å². The van der Waals surface area contributed by atoms with E-state index in [0.717, 1.165) is 25.3 Å². The molecule has 0 heterocycles. The molecule has 0 aliphatic carbocycles. The van der Waals surface area contributed by atoms with Crippen LogP contribution in [0.5, 0.6) is 5.75 Å². The molecule has 0 spiro atoms. The van der Waals surface area contributed by atoms with Crippen LogP contribution in [-0.4, -0.2) is 5.11 Å². The minimum Gasteiger partial charge on any atom is -0.508 e. The molecule has 0 unspecified atom stereocenters. The third-order valence-electron chi connectivity index (χ3n) is 5.18. The molecular formula is C24H25F3O. The van der Waals surface area contributed by atoms with Crippen LogP contribution in [0.2, 0.25) is 0 Å². The van der Waals surface area contributed by atoms with Gasteiger partial charge in [-0.1, -0.05) is 63.3 Å². The predicted molar refractivity (Wildman–Crippen MR) is 108 cm³/mol. The first-order valence-corrected chi connectivity index (χ1v) is 9.91. The fourth-order valence-corrected chi connectivity index (χ4v) is 3.62. The van der Waals surface area contributed by atoms with Gasteiger partial charge in [-0.25, -0.2) is 13.2 Å². The quantitative estimate of drug-likeness (QED) is 0.397. The van der Waals surface area contributed by atoms with E-state index in [0.29, 0.717) is 22.9 Å². The molecule has 0 aliphatic rings. The van der Waals surface area contributed by atoms with Crippen LogP contribution >= 0.6 is 0 Å². The Kier molecular flexibility index (Phi) is 6.61. The molecule has 148 valence electrons. The molecular weight excluding hydrogens is 361 g/mol. The van der Waals surface area contributed by atoms with Crippen molar-refractivity contribution in [1.82, 2.24) is 0 Å². The molecule has 0 atom stereocenters. The summed E-state index contributed by atoms with van der Waals surface area (Å²) in [5.41, 5.74) is 0.938. The van der Waals surface area contributed by atoms with E-state index >= 15 is 4.39 Å². The Hall–Kier alpha value is -2.49. The van der Waals surface area contributed by atoms with Gasteiger partial charge in [0.2, 0.25) is 0 Å². The third-order valence-corrected chi connectivity index (χ3v) is 5.18. The second-order valence-corrected chi connectivity index (χ2v) is 7.25. The van der Waals surface area contributed by atoms with E-state index in [1.165, 1.54) is 43.5 Å². The summed E-state index contributed by atoms with van der Waals surface area (Å²) in [6, 6.07) is 10.1. The number of hydrogen-bond acceptors (Lipinski definition) is 1. The fourth-order valence-electron chi connectivity index (χ4n) is 3.62. The maximum atomic E-state index is 15.0. The van der Waals surface area contributed by atoms with Crippen LogP contribution in [0.25, 0.3) is 21.9 Å². The smallest absolute Gasteiger partial charge is 0.167 e. The van der Waals surface area contributed by atoms with Crippen LogP contribution in [-0.2, 0) is 6.42 Å². The molecule has 0 saturated carbocycles. The average molecular weight is 386 g/mol. The van der Waals surface area contributed by atoms with Crippen LogP contribution in [0, 0.1) is 17.5 Å². The normalized spacial score (nSPS) is 11.3. The monoisotopic (exact) mass is 386 g/mol. The molecule has 28 heavy (non-hydrogen) atoms. The molecule has 0 bridgehead atoms. The SMILES string of the molecule is CCCCCCCCc1ccc2c(-c3ccc(O)cc3)c(F)c(F)cc2c1F. The van der Waals surface area contributed by atoms with Crippen LogP contribution in [0.1, 0.15) is 51.0 Å². The Labute approximate surface area is 163 Å². The molecule has 0 radical (unpaired) electrons.